The minimum atomic E-state index is 0.349. The Kier molecular flexibility index (Phi) is 4.39. The second-order valence-corrected chi connectivity index (χ2v) is 10.6. The monoisotopic (exact) mass is 321 g/mol. The molecule has 3 fully saturated rings. The molecule has 23 heavy (non-hydrogen) atoms. The first kappa shape index (κ1) is 17.7. The number of rotatable bonds is 2. The second kappa shape index (κ2) is 5.71. The van der Waals surface area contributed by atoms with Crippen LogP contribution in [0.2, 0.25) is 0 Å². The summed E-state index contributed by atoms with van der Waals surface area (Å²) in [5, 5.41) is 0. The summed E-state index contributed by atoms with van der Waals surface area (Å²) in [7, 11) is 0. The molecule has 0 unspecified atom stereocenters. The highest BCUT2D eigenvalue weighted by Crippen LogP contribution is 2.48. The molecule has 0 aromatic heterocycles. The summed E-state index contributed by atoms with van der Waals surface area (Å²) in [5.41, 5.74) is 1.33. The van der Waals surface area contributed by atoms with E-state index in [9.17, 15) is 0 Å². The van der Waals surface area contributed by atoms with E-state index < -0.39 is 0 Å². The molecule has 3 rings (SSSR count). The molecule has 134 valence electrons. The molecule has 3 aliphatic heterocycles. The molecule has 3 heterocycles. The third-order valence-corrected chi connectivity index (χ3v) is 6.97. The molecular formula is C20H39N3. The maximum atomic E-state index is 2.78. The summed E-state index contributed by atoms with van der Waals surface area (Å²) < 4.78 is 0. The van der Waals surface area contributed by atoms with E-state index in [1.54, 1.807) is 0 Å². The van der Waals surface area contributed by atoms with Gasteiger partial charge < -0.3 is 0 Å². The van der Waals surface area contributed by atoms with Gasteiger partial charge in [-0.15, -0.1) is 0 Å². The predicted molar refractivity (Wildman–Crippen MR) is 98.8 cm³/mol. The molecule has 3 saturated heterocycles. The first-order chi connectivity index (χ1) is 10.5. The van der Waals surface area contributed by atoms with Gasteiger partial charge in [-0.3, -0.25) is 14.7 Å². The van der Waals surface area contributed by atoms with E-state index in [0.717, 1.165) is 12.0 Å². The highest BCUT2D eigenvalue weighted by molar-refractivity contribution is 5.13. The number of hydrogen-bond donors (Lipinski definition) is 0. The van der Waals surface area contributed by atoms with Crippen LogP contribution in [0.5, 0.6) is 0 Å². The van der Waals surface area contributed by atoms with Gasteiger partial charge in [-0.25, -0.2) is 0 Å². The zero-order chi connectivity index (χ0) is 17.0. The van der Waals surface area contributed by atoms with Gasteiger partial charge in [-0.1, -0.05) is 0 Å². The van der Waals surface area contributed by atoms with Crippen LogP contribution in [0.3, 0.4) is 0 Å². The number of hydrogen-bond acceptors (Lipinski definition) is 3. The second-order valence-electron chi connectivity index (χ2n) is 10.6. The zero-order valence-corrected chi connectivity index (χ0v) is 16.7. The van der Waals surface area contributed by atoms with Crippen LogP contribution in [-0.2, 0) is 0 Å². The van der Waals surface area contributed by atoms with E-state index in [1.807, 2.05) is 0 Å². The van der Waals surface area contributed by atoms with Crippen LogP contribution in [-0.4, -0.2) is 71.1 Å². The van der Waals surface area contributed by atoms with Gasteiger partial charge in [0.15, 0.2) is 0 Å². The van der Waals surface area contributed by atoms with Gasteiger partial charge in [-0.2, -0.15) is 0 Å². The lowest BCUT2D eigenvalue weighted by Crippen LogP contribution is -2.78. The SMILES string of the molecule is C[C@H]1N(CC2CCN(C(C)(C)C)CC2)CC12CN(C(C)(C)C)C2. The van der Waals surface area contributed by atoms with Crippen LogP contribution in [0.1, 0.15) is 61.3 Å². The topological polar surface area (TPSA) is 9.72 Å². The molecule has 0 bridgehead atoms. The van der Waals surface area contributed by atoms with Crippen molar-refractivity contribution >= 4 is 0 Å². The average molecular weight is 322 g/mol. The lowest BCUT2D eigenvalue weighted by molar-refractivity contribution is -0.185. The first-order valence-electron chi connectivity index (χ1n) is 9.75. The molecule has 0 aromatic carbocycles. The molecule has 0 N–H and O–H groups in total. The van der Waals surface area contributed by atoms with Crippen molar-refractivity contribution in [1.29, 1.82) is 0 Å². The van der Waals surface area contributed by atoms with Gasteiger partial charge in [0.1, 0.15) is 0 Å². The first-order valence-corrected chi connectivity index (χ1v) is 9.75. The van der Waals surface area contributed by atoms with Gasteiger partial charge in [0.2, 0.25) is 0 Å². The van der Waals surface area contributed by atoms with Crippen molar-refractivity contribution in [2.24, 2.45) is 11.3 Å². The van der Waals surface area contributed by atoms with E-state index >= 15 is 0 Å². The largest absolute Gasteiger partial charge is 0.299 e. The van der Waals surface area contributed by atoms with Gasteiger partial charge in [-0.05, 0) is 80.3 Å². The highest BCUT2D eigenvalue weighted by Gasteiger charge is 2.58. The van der Waals surface area contributed by atoms with Crippen molar-refractivity contribution in [1.82, 2.24) is 14.7 Å². The summed E-state index contributed by atoms with van der Waals surface area (Å²) >= 11 is 0. The fourth-order valence-corrected chi connectivity index (χ4v) is 4.84. The average Bonchev–Trinajstić information content (AvgIpc) is 2.38. The van der Waals surface area contributed by atoms with Gasteiger partial charge in [0.05, 0.1) is 0 Å². The van der Waals surface area contributed by atoms with E-state index in [-0.39, 0.29) is 0 Å². The lowest BCUT2D eigenvalue weighted by Gasteiger charge is -2.68. The summed E-state index contributed by atoms with van der Waals surface area (Å²) in [6.07, 6.45) is 2.78. The van der Waals surface area contributed by atoms with Gasteiger partial charge in [0.25, 0.3) is 0 Å². The Morgan fingerprint density at radius 1 is 0.826 bits per heavy atom. The molecule has 3 aliphatic rings. The minimum absolute atomic E-state index is 0.349. The fourth-order valence-electron chi connectivity index (χ4n) is 4.84. The van der Waals surface area contributed by atoms with Crippen molar-refractivity contribution in [2.75, 3.05) is 39.3 Å². The van der Waals surface area contributed by atoms with E-state index in [0.29, 0.717) is 16.5 Å². The Hall–Kier alpha value is -0.120. The van der Waals surface area contributed by atoms with Crippen molar-refractivity contribution < 1.29 is 0 Å². The van der Waals surface area contributed by atoms with Crippen LogP contribution < -0.4 is 0 Å². The van der Waals surface area contributed by atoms with E-state index in [4.69, 9.17) is 0 Å². The minimum Gasteiger partial charge on any atom is -0.299 e. The molecule has 1 atom stereocenters. The number of likely N-dealkylation sites (tertiary alicyclic amines) is 3. The van der Waals surface area contributed by atoms with Crippen LogP contribution in [0, 0.1) is 11.3 Å². The Morgan fingerprint density at radius 2 is 1.35 bits per heavy atom. The summed E-state index contributed by atoms with van der Waals surface area (Å²) in [5.74, 6) is 0.923. The van der Waals surface area contributed by atoms with Crippen molar-refractivity contribution in [3.8, 4) is 0 Å². The van der Waals surface area contributed by atoms with E-state index in [1.165, 1.54) is 52.1 Å². The van der Waals surface area contributed by atoms with Crippen LogP contribution >= 0.6 is 0 Å². The molecule has 3 nitrogen and oxygen atoms in total. The smallest absolute Gasteiger partial charge is 0.0238 e. The molecule has 0 saturated carbocycles. The number of piperidine rings is 1. The molecule has 0 aromatic rings. The molecule has 0 radical (unpaired) electrons. The lowest BCUT2D eigenvalue weighted by atomic mass is 9.64. The third-order valence-electron chi connectivity index (χ3n) is 6.97. The molecule has 3 heteroatoms. The van der Waals surface area contributed by atoms with Crippen LogP contribution in [0.4, 0.5) is 0 Å². The quantitative estimate of drug-likeness (QED) is 0.772. The van der Waals surface area contributed by atoms with Gasteiger partial charge in [0, 0.05) is 48.7 Å². The predicted octanol–water partition coefficient (Wildman–Crippen LogP) is 3.30. The highest BCUT2D eigenvalue weighted by atomic mass is 15.4. The van der Waals surface area contributed by atoms with Crippen LogP contribution in [0.15, 0.2) is 0 Å². The van der Waals surface area contributed by atoms with Crippen molar-refractivity contribution in [3.63, 3.8) is 0 Å². The summed E-state index contributed by atoms with van der Waals surface area (Å²) in [4.78, 5) is 8.09. The Morgan fingerprint density at radius 3 is 1.78 bits per heavy atom. The molecule has 0 aliphatic carbocycles. The molecular weight excluding hydrogens is 282 g/mol. The Bertz CT molecular complexity index is 417. The fraction of sp³-hybridized carbons (Fsp3) is 1.00. The Balaban J connectivity index is 1.43. The third kappa shape index (κ3) is 3.34. The van der Waals surface area contributed by atoms with Crippen molar-refractivity contribution in [2.45, 2.75) is 78.4 Å². The molecule has 0 amide bonds. The summed E-state index contributed by atoms with van der Waals surface area (Å²) in [6, 6.07) is 0.793. The zero-order valence-electron chi connectivity index (χ0n) is 16.7. The normalized spacial score (nSPS) is 31.2. The van der Waals surface area contributed by atoms with Crippen LogP contribution in [0.25, 0.3) is 0 Å². The standard InChI is InChI=1S/C20H39N3/c1-16-20(14-23(15-20)19(5,6)7)13-21(16)12-17-8-10-22(11-9-17)18(2,3)4/h16-17H,8-15H2,1-7H3/t16-/m1/s1. The maximum absolute atomic E-state index is 2.78. The molecule has 1 spiro atoms. The van der Waals surface area contributed by atoms with E-state index in [2.05, 4.69) is 63.2 Å². The Labute approximate surface area is 144 Å². The van der Waals surface area contributed by atoms with Crippen molar-refractivity contribution in [3.05, 3.63) is 0 Å². The maximum Gasteiger partial charge on any atom is 0.0238 e. The number of nitrogens with zero attached hydrogens (tertiary/aromatic N) is 3. The summed E-state index contributed by atoms with van der Waals surface area (Å²) in [6.45, 7) is 24.5. The van der Waals surface area contributed by atoms with Gasteiger partial charge >= 0.3 is 0 Å².